The number of piperidine rings is 1. The summed E-state index contributed by atoms with van der Waals surface area (Å²) in [4.78, 5) is 17.6. The molecule has 174 valence electrons. The molecular formula is C23H25N3O5S2. The number of nitrogens with one attached hydrogen (secondary N) is 1. The Bertz CT molecular complexity index is 1290. The number of sulfonamides is 1. The Morgan fingerprint density at radius 1 is 1.06 bits per heavy atom. The van der Waals surface area contributed by atoms with Gasteiger partial charge in [0.2, 0.25) is 15.9 Å². The lowest BCUT2D eigenvalue weighted by atomic mass is 9.97. The lowest BCUT2D eigenvalue weighted by molar-refractivity contribution is -0.120. The zero-order chi connectivity index (χ0) is 23.2. The van der Waals surface area contributed by atoms with Crippen LogP contribution >= 0.6 is 11.3 Å². The molecule has 0 atom stereocenters. The molecule has 0 radical (unpaired) electrons. The van der Waals surface area contributed by atoms with Crippen LogP contribution in [0.5, 0.6) is 11.5 Å². The Hall–Kier alpha value is -2.69. The highest BCUT2D eigenvalue weighted by molar-refractivity contribution is 7.89. The first-order valence-electron chi connectivity index (χ1n) is 10.9. The Morgan fingerprint density at radius 2 is 1.76 bits per heavy atom. The van der Waals surface area contributed by atoms with Crippen LogP contribution in [0.4, 0.5) is 5.13 Å². The van der Waals surface area contributed by atoms with E-state index in [1.165, 1.54) is 21.7 Å². The maximum absolute atomic E-state index is 13.1. The van der Waals surface area contributed by atoms with E-state index in [2.05, 4.69) is 16.4 Å². The van der Waals surface area contributed by atoms with Crippen molar-refractivity contribution in [3.63, 3.8) is 0 Å². The van der Waals surface area contributed by atoms with Crippen molar-refractivity contribution in [1.82, 2.24) is 9.29 Å². The van der Waals surface area contributed by atoms with Gasteiger partial charge in [-0.05, 0) is 49.9 Å². The van der Waals surface area contributed by atoms with Crippen molar-refractivity contribution in [2.75, 3.05) is 31.6 Å². The first-order valence-corrected chi connectivity index (χ1v) is 13.2. The number of benzene rings is 2. The molecule has 3 heterocycles. The number of thiazole rings is 1. The number of amides is 1. The van der Waals surface area contributed by atoms with E-state index in [0.29, 0.717) is 42.7 Å². The SMILES string of the molecule is Cc1ccc(C)c2sc(NC(=O)C3CCN(S(=O)(=O)c4ccc5c(c4)OCCO5)CC3)nc12. The monoisotopic (exact) mass is 487 g/mol. The van der Waals surface area contributed by atoms with Crippen molar-refractivity contribution in [2.24, 2.45) is 5.92 Å². The fourth-order valence-corrected chi connectivity index (χ4v) is 6.71. The molecule has 1 N–H and O–H groups in total. The lowest BCUT2D eigenvalue weighted by Gasteiger charge is -2.30. The Labute approximate surface area is 196 Å². The maximum Gasteiger partial charge on any atom is 0.243 e. The number of carbonyl (C=O) groups excluding carboxylic acids is 1. The summed E-state index contributed by atoms with van der Waals surface area (Å²) in [6.07, 6.45) is 0.914. The molecule has 0 aliphatic carbocycles. The molecular weight excluding hydrogens is 462 g/mol. The van der Waals surface area contributed by atoms with Gasteiger partial charge in [0.05, 0.1) is 15.1 Å². The number of hydrogen-bond acceptors (Lipinski definition) is 7. The van der Waals surface area contributed by atoms with Crippen LogP contribution in [-0.4, -0.2) is 49.9 Å². The molecule has 8 nitrogen and oxygen atoms in total. The van der Waals surface area contributed by atoms with E-state index in [0.717, 1.165) is 21.3 Å². The fourth-order valence-electron chi connectivity index (χ4n) is 4.21. The molecule has 1 aromatic heterocycles. The van der Waals surface area contributed by atoms with Crippen LogP contribution in [0.25, 0.3) is 10.2 Å². The van der Waals surface area contributed by atoms with Crippen LogP contribution in [0.2, 0.25) is 0 Å². The number of carbonyl (C=O) groups is 1. The topological polar surface area (TPSA) is 97.8 Å². The van der Waals surface area contributed by atoms with Crippen LogP contribution in [-0.2, 0) is 14.8 Å². The highest BCUT2D eigenvalue weighted by Crippen LogP contribution is 2.35. The average Bonchev–Trinajstić information content (AvgIpc) is 3.26. The van der Waals surface area contributed by atoms with Gasteiger partial charge in [0.1, 0.15) is 13.2 Å². The normalized spacial score (nSPS) is 17.3. The molecule has 1 saturated heterocycles. The van der Waals surface area contributed by atoms with Crippen molar-refractivity contribution in [2.45, 2.75) is 31.6 Å². The van der Waals surface area contributed by atoms with Gasteiger partial charge in [-0.2, -0.15) is 4.31 Å². The fraction of sp³-hybridized carbons (Fsp3) is 0.391. The number of hydrogen-bond donors (Lipinski definition) is 1. The minimum Gasteiger partial charge on any atom is -0.486 e. The van der Waals surface area contributed by atoms with Crippen LogP contribution in [0.3, 0.4) is 0 Å². The molecule has 3 aromatic rings. The summed E-state index contributed by atoms with van der Waals surface area (Å²) >= 11 is 1.47. The molecule has 5 rings (SSSR count). The van der Waals surface area contributed by atoms with Gasteiger partial charge in [-0.1, -0.05) is 23.5 Å². The Morgan fingerprint density at radius 3 is 2.48 bits per heavy atom. The summed E-state index contributed by atoms with van der Waals surface area (Å²) in [6, 6.07) is 8.77. The predicted octanol–water partition coefficient (Wildman–Crippen LogP) is 3.72. The van der Waals surface area contributed by atoms with Gasteiger partial charge in [-0.3, -0.25) is 4.79 Å². The third-order valence-electron chi connectivity index (χ3n) is 6.15. The molecule has 33 heavy (non-hydrogen) atoms. The second-order valence-corrected chi connectivity index (χ2v) is 11.3. The van der Waals surface area contributed by atoms with Crippen LogP contribution in [0.15, 0.2) is 35.2 Å². The van der Waals surface area contributed by atoms with Crippen molar-refractivity contribution >= 4 is 42.6 Å². The number of nitrogens with zero attached hydrogens (tertiary/aromatic N) is 2. The van der Waals surface area contributed by atoms with E-state index in [-0.39, 0.29) is 29.8 Å². The van der Waals surface area contributed by atoms with Crippen LogP contribution in [0, 0.1) is 19.8 Å². The van der Waals surface area contributed by atoms with E-state index >= 15 is 0 Å². The molecule has 1 fully saturated rings. The summed E-state index contributed by atoms with van der Waals surface area (Å²) in [5, 5.41) is 3.53. The highest BCUT2D eigenvalue weighted by atomic mass is 32.2. The molecule has 2 aliphatic rings. The number of aromatic nitrogens is 1. The second kappa shape index (κ2) is 8.58. The van der Waals surface area contributed by atoms with Gasteiger partial charge in [0.15, 0.2) is 16.6 Å². The van der Waals surface area contributed by atoms with E-state index in [1.807, 2.05) is 19.9 Å². The third kappa shape index (κ3) is 4.18. The van der Waals surface area contributed by atoms with E-state index in [9.17, 15) is 13.2 Å². The first-order chi connectivity index (χ1) is 15.8. The van der Waals surface area contributed by atoms with Crippen LogP contribution in [0.1, 0.15) is 24.0 Å². The molecule has 0 unspecified atom stereocenters. The molecule has 2 aromatic carbocycles. The van der Waals surface area contributed by atoms with Crippen molar-refractivity contribution in [3.8, 4) is 11.5 Å². The summed E-state index contributed by atoms with van der Waals surface area (Å²) in [5.74, 6) is 0.625. The number of aryl methyl sites for hydroxylation is 2. The van der Waals surface area contributed by atoms with Gasteiger partial charge in [-0.25, -0.2) is 13.4 Å². The van der Waals surface area contributed by atoms with Crippen molar-refractivity contribution in [1.29, 1.82) is 0 Å². The second-order valence-electron chi connectivity index (χ2n) is 8.37. The van der Waals surface area contributed by atoms with E-state index in [4.69, 9.17) is 9.47 Å². The standard InChI is InChI=1S/C23H25N3O5S2/c1-14-3-4-15(2)21-20(14)24-23(32-21)25-22(27)16-7-9-26(10-8-16)33(28,29)17-5-6-18-19(13-17)31-12-11-30-18/h3-6,13,16H,7-12H2,1-2H3,(H,24,25,27). The van der Waals surface area contributed by atoms with E-state index in [1.54, 1.807) is 12.1 Å². The van der Waals surface area contributed by atoms with Crippen LogP contribution < -0.4 is 14.8 Å². The highest BCUT2D eigenvalue weighted by Gasteiger charge is 2.33. The summed E-state index contributed by atoms with van der Waals surface area (Å²) in [7, 11) is -3.67. The molecule has 10 heteroatoms. The number of anilines is 1. The minimum atomic E-state index is -3.67. The van der Waals surface area contributed by atoms with Crippen molar-refractivity contribution < 1.29 is 22.7 Å². The predicted molar refractivity (Wildman–Crippen MR) is 127 cm³/mol. The lowest BCUT2D eigenvalue weighted by Crippen LogP contribution is -2.41. The summed E-state index contributed by atoms with van der Waals surface area (Å²) in [5.41, 5.74) is 3.12. The average molecular weight is 488 g/mol. The summed E-state index contributed by atoms with van der Waals surface area (Å²) < 4.78 is 39.8. The molecule has 2 aliphatic heterocycles. The minimum absolute atomic E-state index is 0.110. The van der Waals surface area contributed by atoms with E-state index < -0.39 is 10.0 Å². The first kappa shape index (κ1) is 22.1. The molecule has 0 saturated carbocycles. The number of fused-ring (bicyclic) bond motifs is 2. The summed E-state index contributed by atoms with van der Waals surface area (Å²) in [6.45, 7) is 5.45. The molecule has 1 amide bonds. The largest absolute Gasteiger partial charge is 0.486 e. The third-order valence-corrected chi connectivity index (χ3v) is 9.15. The number of ether oxygens (including phenoxy) is 2. The zero-order valence-electron chi connectivity index (χ0n) is 18.5. The maximum atomic E-state index is 13.1. The smallest absolute Gasteiger partial charge is 0.243 e. The van der Waals surface area contributed by atoms with Gasteiger partial charge in [-0.15, -0.1) is 0 Å². The number of rotatable bonds is 4. The molecule has 0 bridgehead atoms. The Kier molecular flexibility index (Phi) is 5.75. The quantitative estimate of drug-likeness (QED) is 0.602. The van der Waals surface area contributed by atoms with Gasteiger partial charge < -0.3 is 14.8 Å². The Balaban J connectivity index is 1.25. The van der Waals surface area contributed by atoms with Gasteiger partial charge >= 0.3 is 0 Å². The zero-order valence-corrected chi connectivity index (χ0v) is 20.1. The van der Waals surface area contributed by atoms with Crippen molar-refractivity contribution in [3.05, 3.63) is 41.5 Å². The molecule has 0 spiro atoms. The van der Waals surface area contributed by atoms with Gasteiger partial charge in [0.25, 0.3) is 0 Å². The van der Waals surface area contributed by atoms with Gasteiger partial charge in [0, 0.05) is 25.1 Å².